The molecule has 0 spiro atoms. The van der Waals surface area contributed by atoms with E-state index in [1.54, 1.807) is 18.3 Å². The van der Waals surface area contributed by atoms with Gasteiger partial charge in [0.2, 0.25) is 11.8 Å². The topological polar surface area (TPSA) is 73.1 Å². The molecule has 0 amide bonds. The number of ketones is 1. The molecule has 7 heteroatoms. The SMILES string of the molecule is COc1nc(N(C)C)nc2c1ncn2C1CCCC1=O. The van der Waals surface area contributed by atoms with Gasteiger partial charge in [-0.15, -0.1) is 0 Å². The number of methoxy groups -OCH3 is 1. The van der Waals surface area contributed by atoms with Crippen LogP contribution in [0.5, 0.6) is 5.88 Å². The predicted octanol–water partition coefficient (Wildman–Crippen LogP) is 1.19. The van der Waals surface area contributed by atoms with E-state index in [9.17, 15) is 4.79 Å². The number of Topliss-reactive ketones (excluding diaryl/α,β-unsaturated/α-hetero) is 1. The van der Waals surface area contributed by atoms with Crippen molar-refractivity contribution in [3.8, 4) is 5.88 Å². The maximum absolute atomic E-state index is 12.0. The zero-order valence-electron chi connectivity index (χ0n) is 11.8. The normalized spacial score (nSPS) is 18.8. The minimum absolute atomic E-state index is 0.158. The van der Waals surface area contributed by atoms with E-state index in [0.29, 0.717) is 29.4 Å². The lowest BCUT2D eigenvalue weighted by atomic mass is 10.2. The number of anilines is 1. The quantitative estimate of drug-likeness (QED) is 0.838. The van der Waals surface area contributed by atoms with Crippen LogP contribution in [0.15, 0.2) is 6.33 Å². The summed E-state index contributed by atoms with van der Waals surface area (Å²) in [7, 11) is 5.28. The highest BCUT2D eigenvalue weighted by atomic mass is 16.5. The Labute approximate surface area is 116 Å². The number of ether oxygens (including phenoxy) is 1. The van der Waals surface area contributed by atoms with Crippen LogP contribution in [-0.4, -0.2) is 46.5 Å². The Morgan fingerprint density at radius 3 is 2.80 bits per heavy atom. The largest absolute Gasteiger partial charge is 0.479 e. The molecule has 1 saturated carbocycles. The standard InChI is InChI=1S/C13H17N5O2/c1-17(2)13-15-11-10(12(16-13)20-3)14-7-18(11)8-5-4-6-9(8)19/h7-8H,4-6H2,1-3H3. The Hall–Kier alpha value is -2.18. The lowest BCUT2D eigenvalue weighted by Gasteiger charge is -2.14. The maximum atomic E-state index is 12.0. The second kappa shape index (κ2) is 4.73. The maximum Gasteiger partial charge on any atom is 0.246 e. The third kappa shape index (κ3) is 1.90. The fourth-order valence-corrected chi connectivity index (χ4v) is 2.54. The fourth-order valence-electron chi connectivity index (χ4n) is 2.54. The summed E-state index contributed by atoms with van der Waals surface area (Å²) in [5.74, 6) is 1.22. The number of carbonyl (C=O) groups is 1. The van der Waals surface area contributed by atoms with E-state index in [4.69, 9.17) is 4.74 Å². The van der Waals surface area contributed by atoms with Crippen molar-refractivity contribution in [2.24, 2.45) is 0 Å². The number of nitrogens with zero attached hydrogens (tertiary/aromatic N) is 5. The minimum atomic E-state index is -0.158. The Morgan fingerprint density at radius 1 is 1.40 bits per heavy atom. The molecule has 1 aliphatic carbocycles. The first-order valence-electron chi connectivity index (χ1n) is 6.60. The Balaban J connectivity index is 2.19. The summed E-state index contributed by atoms with van der Waals surface area (Å²) >= 11 is 0. The van der Waals surface area contributed by atoms with Crippen LogP contribution in [0.25, 0.3) is 11.2 Å². The van der Waals surface area contributed by atoms with Crippen molar-refractivity contribution in [3.63, 3.8) is 0 Å². The van der Waals surface area contributed by atoms with E-state index in [1.807, 2.05) is 18.7 Å². The molecule has 2 aromatic rings. The molecule has 1 atom stereocenters. The average molecular weight is 275 g/mol. The summed E-state index contributed by atoms with van der Waals surface area (Å²) < 4.78 is 7.13. The van der Waals surface area contributed by atoms with E-state index in [-0.39, 0.29) is 11.8 Å². The number of fused-ring (bicyclic) bond motifs is 1. The van der Waals surface area contributed by atoms with Crippen LogP contribution in [0.2, 0.25) is 0 Å². The van der Waals surface area contributed by atoms with Crippen LogP contribution in [0, 0.1) is 0 Å². The van der Waals surface area contributed by atoms with E-state index in [2.05, 4.69) is 15.0 Å². The molecule has 0 radical (unpaired) electrons. The van der Waals surface area contributed by atoms with Gasteiger partial charge in [-0.2, -0.15) is 9.97 Å². The van der Waals surface area contributed by atoms with Crippen LogP contribution in [-0.2, 0) is 4.79 Å². The molecule has 0 saturated heterocycles. The van der Waals surface area contributed by atoms with Gasteiger partial charge in [0, 0.05) is 20.5 Å². The van der Waals surface area contributed by atoms with E-state index < -0.39 is 0 Å². The van der Waals surface area contributed by atoms with Crippen LogP contribution in [0.3, 0.4) is 0 Å². The lowest BCUT2D eigenvalue weighted by molar-refractivity contribution is -0.120. The molecule has 2 aromatic heterocycles. The molecule has 20 heavy (non-hydrogen) atoms. The average Bonchev–Trinajstić information content (AvgIpc) is 3.03. The third-order valence-corrected chi connectivity index (χ3v) is 3.58. The third-order valence-electron chi connectivity index (χ3n) is 3.58. The number of rotatable bonds is 3. The second-order valence-corrected chi connectivity index (χ2v) is 5.13. The Bertz CT molecular complexity index is 664. The van der Waals surface area contributed by atoms with Crippen molar-refractivity contribution >= 4 is 22.9 Å². The summed E-state index contributed by atoms with van der Waals surface area (Å²) in [6.07, 6.45) is 4.06. The van der Waals surface area contributed by atoms with Crippen molar-refractivity contribution in [1.82, 2.24) is 19.5 Å². The van der Waals surface area contributed by atoms with Crippen LogP contribution in [0.4, 0.5) is 5.95 Å². The molecule has 0 bridgehead atoms. The van der Waals surface area contributed by atoms with E-state index in [1.165, 1.54) is 0 Å². The van der Waals surface area contributed by atoms with Crippen LogP contribution < -0.4 is 9.64 Å². The molecule has 1 unspecified atom stereocenters. The van der Waals surface area contributed by atoms with E-state index >= 15 is 0 Å². The molecule has 0 N–H and O–H groups in total. The molecule has 1 fully saturated rings. The molecule has 0 aromatic carbocycles. The first-order valence-corrected chi connectivity index (χ1v) is 6.60. The van der Waals surface area contributed by atoms with Gasteiger partial charge in [0.15, 0.2) is 16.9 Å². The second-order valence-electron chi connectivity index (χ2n) is 5.13. The Kier molecular flexibility index (Phi) is 3.04. The van der Waals surface area contributed by atoms with Gasteiger partial charge in [0.05, 0.1) is 19.5 Å². The summed E-state index contributed by atoms with van der Waals surface area (Å²) in [5.41, 5.74) is 1.25. The van der Waals surface area contributed by atoms with Gasteiger partial charge < -0.3 is 14.2 Å². The number of aromatic nitrogens is 4. The summed E-state index contributed by atoms with van der Waals surface area (Å²) in [5, 5.41) is 0. The van der Waals surface area contributed by atoms with Gasteiger partial charge in [-0.1, -0.05) is 0 Å². The van der Waals surface area contributed by atoms with Gasteiger partial charge in [-0.25, -0.2) is 4.98 Å². The number of carbonyl (C=O) groups excluding carboxylic acids is 1. The van der Waals surface area contributed by atoms with E-state index in [0.717, 1.165) is 12.8 Å². The summed E-state index contributed by atoms with van der Waals surface area (Å²) in [6.45, 7) is 0. The smallest absolute Gasteiger partial charge is 0.246 e. The molecular formula is C13H17N5O2. The van der Waals surface area contributed by atoms with Crippen molar-refractivity contribution in [1.29, 1.82) is 0 Å². The molecule has 106 valence electrons. The van der Waals surface area contributed by atoms with Gasteiger partial charge in [-0.05, 0) is 12.8 Å². The van der Waals surface area contributed by atoms with Crippen LogP contribution >= 0.6 is 0 Å². The van der Waals surface area contributed by atoms with Gasteiger partial charge in [0.25, 0.3) is 0 Å². The highest BCUT2D eigenvalue weighted by Gasteiger charge is 2.28. The molecule has 2 heterocycles. The summed E-state index contributed by atoms with van der Waals surface area (Å²) in [6, 6.07) is -0.158. The Morgan fingerprint density at radius 2 is 2.20 bits per heavy atom. The number of imidazole rings is 1. The van der Waals surface area contributed by atoms with Crippen molar-refractivity contribution in [2.75, 3.05) is 26.1 Å². The molecule has 7 nitrogen and oxygen atoms in total. The van der Waals surface area contributed by atoms with Crippen molar-refractivity contribution < 1.29 is 9.53 Å². The monoisotopic (exact) mass is 275 g/mol. The fraction of sp³-hybridized carbons (Fsp3) is 0.538. The van der Waals surface area contributed by atoms with Crippen LogP contribution in [0.1, 0.15) is 25.3 Å². The lowest BCUT2D eigenvalue weighted by Crippen LogP contribution is -2.16. The van der Waals surface area contributed by atoms with Gasteiger partial charge in [-0.3, -0.25) is 4.79 Å². The number of hydrogen-bond acceptors (Lipinski definition) is 6. The zero-order valence-corrected chi connectivity index (χ0v) is 11.8. The van der Waals surface area contributed by atoms with Gasteiger partial charge >= 0.3 is 0 Å². The zero-order chi connectivity index (χ0) is 14.3. The molecule has 1 aliphatic rings. The first-order chi connectivity index (χ1) is 9.61. The molecule has 0 aliphatic heterocycles. The molecular weight excluding hydrogens is 258 g/mol. The molecule has 3 rings (SSSR count). The highest BCUT2D eigenvalue weighted by Crippen LogP contribution is 2.31. The summed E-state index contributed by atoms with van der Waals surface area (Å²) in [4.78, 5) is 26.9. The minimum Gasteiger partial charge on any atom is -0.479 e. The highest BCUT2D eigenvalue weighted by molar-refractivity contribution is 5.87. The van der Waals surface area contributed by atoms with Crippen molar-refractivity contribution in [2.45, 2.75) is 25.3 Å². The van der Waals surface area contributed by atoms with Crippen molar-refractivity contribution in [3.05, 3.63) is 6.33 Å². The predicted molar refractivity (Wildman–Crippen MR) is 74.1 cm³/mol. The van der Waals surface area contributed by atoms with Gasteiger partial charge in [0.1, 0.15) is 0 Å². The number of hydrogen-bond donors (Lipinski definition) is 0. The first kappa shape index (κ1) is 12.8.